The maximum absolute atomic E-state index is 5.84. The third-order valence-corrected chi connectivity index (χ3v) is 4.16. The molecule has 0 saturated heterocycles. The average Bonchev–Trinajstić information content (AvgIpc) is 2.39. The smallest absolute Gasteiger partial charge is 0.0775 e. The molecule has 2 nitrogen and oxygen atoms in total. The summed E-state index contributed by atoms with van der Waals surface area (Å²) < 4.78 is 5.84. The summed E-state index contributed by atoms with van der Waals surface area (Å²) in [5, 5.41) is 3.68. The molecule has 0 amide bonds. The predicted octanol–water partition coefficient (Wildman–Crippen LogP) is 4.28. The van der Waals surface area contributed by atoms with Crippen LogP contribution in [0.1, 0.15) is 50.8 Å². The molecule has 0 radical (unpaired) electrons. The van der Waals surface area contributed by atoms with Gasteiger partial charge in [0.1, 0.15) is 0 Å². The Morgan fingerprint density at radius 1 is 1.14 bits per heavy atom. The monoisotopic (exact) mass is 291 g/mol. The van der Waals surface area contributed by atoms with Crippen LogP contribution in [0.25, 0.3) is 0 Å². The van der Waals surface area contributed by atoms with E-state index in [0.717, 1.165) is 19.4 Å². The third-order valence-electron chi connectivity index (χ3n) is 4.16. The largest absolute Gasteiger partial charge is 0.379 e. The van der Waals surface area contributed by atoms with Gasteiger partial charge in [-0.1, -0.05) is 45.9 Å². The fraction of sp³-hybridized carbons (Fsp3) is 0.684. The highest BCUT2D eigenvalue weighted by Gasteiger charge is 2.32. The van der Waals surface area contributed by atoms with Gasteiger partial charge in [-0.05, 0) is 55.3 Å². The lowest BCUT2D eigenvalue weighted by Gasteiger charge is -2.36. The molecule has 0 aromatic heterocycles. The van der Waals surface area contributed by atoms with Crippen molar-refractivity contribution in [2.24, 2.45) is 5.41 Å². The van der Waals surface area contributed by atoms with Crippen LogP contribution in [0.3, 0.4) is 0 Å². The first-order chi connectivity index (χ1) is 9.79. The van der Waals surface area contributed by atoms with Crippen LogP contribution in [0.4, 0.5) is 0 Å². The fourth-order valence-corrected chi connectivity index (χ4v) is 2.92. The van der Waals surface area contributed by atoms with Crippen molar-refractivity contribution in [3.05, 3.63) is 34.9 Å². The Morgan fingerprint density at radius 3 is 2.29 bits per heavy atom. The Labute approximate surface area is 131 Å². The summed E-state index contributed by atoms with van der Waals surface area (Å²) in [6, 6.07) is 7.13. The molecule has 1 N–H and O–H groups in total. The molecule has 1 rings (SSSR count). The predicted molar refractivity (Wildman–Crippen MR) is 92.0 cm³/mol. The molecule has 0 fully saturated rings. The average molecular weight is 291 g/mol. The number of hydrogen-bond donors (Lipinski definition) is 1. The zero-order valence-electron chi connectivity index (χ0n) is 14.9. The van der Waals surface area contributed by atoms with E-state index in [-0.39, 0.29) is 11.5 Å². The number of hydrogen-bond acceptors (Lipinski definition) is 2. The van der Waals surface area contributed by atoms with Crippen LogP contribution in [0.2, 0.25) is 0 Å². The van der Waals surface area contributed by atoms with E-state index < -0.39 is 0 Å². The molecule has 2 unspecified atom stereocenters. The first-order valence-corrected chi connectivity index (χ1v) is 8.12. The lowest BCUT2D eigenvalue weighted by atomic mass is 9.82. The Morgan fingerprint density at radius 2 is 1.81 bits per heavy atom. The SMILES string of the molecule is CCCNC(Cc1ccc(C)c(C)c1)C(OC)C(C)(C)C. The quantitative estimate of drug-likeness (QED) is 0.810. The molecular weight excluding hydrogens is 258 g/mol. The minimum atomic E-state index is 0.125. The second kappa shape index (κ2) is 7.95. The molecule has 0 aliphatic rings. The van der Waals surface area contributed by atoms with Crippen molar-refractivity contribution in [1.29, 1.82) is 0 Å². The van der Waals surface area contributed by atoms with Gasteiger partial charge in [-0.15, -0.1) is 0 Å². The summed E-state index contributed by atoms with van der Waals surface area (Å²) in [4.78, 5) is 0. The molecule has 1 aromatic rings. The molecule has 0 heterocycles. The first kappa shape index (κ1) is 18.2. The lowest BCUT2D eigenvalue weighted by molar-refractivity contribution is -0.0109. The molecule has 120 valence electrons. The van der Waals surface area contributed by atoms with E-state index in [1.165, 1.54) is 16.7 Å². The van der Waals surface area contributed by atoms with Crippen LogP contribution in [0.15, 0.2) is 18.2 Å². The highest BCUT2D eigenvalue weighted by molar-refractivity contribution is 5.30. The normalized spacial score (nSPS) is 15.0. The number of rotatable bonds is 7. The highest BCUT2D eigenvalue weighted by Crippen LogP contribution is 2.26. The van der Waals surface area contributed by atoms with Gasteiger partial charge in [-0.25, -0.2) is 0 Å². The highest BCUT2D eigenvalue weighted by atomic mass is 16.5. The number of benzene rings is 1. The van der Waals surface area contributed by atoms with Crippen molar-refractivity contribution in [3.63, 3.8) is 0 Å². The van der Waals surface area contributed by atoms with Crippen LogP contribution in [-0.2, 0) is 11.2 Å². The summed E-state index contributed by atoms with van der Waals surface area (Å²) in [6.07, 6.45) is 2.35. The van der Waals surface area contributed by atoms with Crippen LogP contribution >= 0.6 is 0 Å². The van der Waals surface area contributed by atoms with E-state index in [9.17, 15) is 0 Å². The number of ether oxygens (including phenoxy) is 1. The summed E-state index contributed by atoms with van der Waals surface area (Å²) in [5.41, 5.74) is 4.24. The zero-order chi connectivity index (χ0) is 16.0. The minimum Gasteiger partial charge on any atom is -0.379 e. The molecule has 21 heavy (non-hydrogen) atoms. The van der Waals surface area contributed by atoms with Crippen LogP contribution in [-0.4, -0.2) is 25.8 Å². The van der Waals surface area contributed by atoms with Gasteiger partial charge in [0, 0.05) is 13.2 Å². The molecular formula is C19H33NO. The standard InChI is InChI=1S/C19H33NO/c1-8-11-20-17(18(21-7)19(4,5)6)13-16-10-9-14(2)15(3)12-16/h9-10,12,17-18,20H,8,11,13H2,1-7H3. The Balaban J connectivity index is 2.93. The van der Waals surface area contributed by atoms with Crippen molar-refractivity contribution in [2.45, 2.75) is 66.5 Å². The fourth-order valence-electron chi connectivity index (χ4n) is 2.92. The second-order valence-electron chi connectivity index (χ2n) is 7.21. The summed E-state index contributed by atoms with van der Waals surface area (Å²) in [7, 11) is 1.83. The van der Waals surface area contributed by atoms with Crippen molar-refractivity contribution in [2.75, 3.05) is 13.7 Å². The van der Waals surface area contributed by atoms with E-state index >= 15 is 0 Å². The van der Waals surface area contributed by atoms with E-state index in [1.54, 1.807) is 0 Å². The van der Waals surface area contributed by atoms with E-state index in [2.05, 4.69) is 65.1 Å². The van der Waals surface area contributed by atoms with Gasteiger partial charge < -0.3 is 10.1 Å². The molecule has 0 bridgehead atoms. The number of methoxy groups -OCH3 is 1. The summed E-state index contributed by atoms with van der Waals surface area (Å²) in [6.45, 7) is 14.3. The maximum Gasteiger partial charge on any atom is 0.0775 e. The van der Waals surface area contributed by atoms with Crippen LogP contribution in [0.5, 0.6) is 0 Å². The van der Waals surface area contributed by atoms with Crippen molar-refractivity contribution in [3.8, 4) is 0 Å². The Hall–Kier alpha value is -0.860. The second-order valence-corrected chi connectivity index (χ2v) is 7.21. The van der Waals surface area contributed by atoms with Gasteiger partial charge in [0.2, 0.25) is 0 Å². The van der Waals surface area contributed by atoms with E-state index in [0.29, 0.717) is 6.04 Å². The van der Waals surface area contributed by atoms with E-state index in [1.807, 2.05) is 7.11 Å². The Bertz CT molecular complexity index is 434. The molecule has 0 aliphatic heterocycles. The third kappa shape index (κ3) is 5.44. The molecule has 0 spiro atoms. The molecule has 0 saturated carbocycles. The van der Waals surface area contributed by atoms with Gasteiger partial charge in [0.05, 0.1) is 6.10 Å². The van der Waals surface area contributed by atoms with Crippen molar-refractivity contribution in [1.82, 2.24) is 5.32 Å². The molecule has 2 atom stereocenters. The van der Waals surface area contributed by atoms with Gasteiger partial charge >= 0.3 is 0 Å². The summed E-state index contributed by atoms with van der Waals surface area (Å²) in [5.74, 6) is 0. The minimum absolute atomic E-state index is 0.125. The summed E-state index contributed by atoms with van der Waals surface area (Å²) >= 11 is 0. The molecule has 1 aromatic carbocycles. The van der Waals surface area contributed by atoms with Gasteiger partial charge in [-0.3, -0.25) is 0 Å². The molecule has 0 aliphatic carbocycles. The van der Waals surface area contributed by atoms with Crippen LogP contribution in [0, 0.1) is 19.3 Å². The van der Waals surface area contributed by atoms with E-state index in [4.69, 9.17) is 4.74 Å². The number of nitrogens with one attached hydrogen (secondary N) is 1. The van der Waals surface area contributed by atoms with Crippen molar-refractivity contribution >= 4 is 0 Å². The van der Waals surface area contributed by atoms with Gasteiger partial charge in [0.15, 0.2) is 0 Å². The van der Waals surface area contributed by atoms with Gasteiger partial charge in [-0.2, -0.15) is 0 Å². The Kier molecular flexibility index (Phi) is 6.89. The number of aryl methyl sites for hydroxylation is 2. The maximum atomic E-state index is 5.84. The van der Waals surface area contributed by atoms with Crippen molar-refractivity contribution < 1.29 is 4.74 Å². The lowest BCUT2D eigenvalue weighted by Crippen LogP contribution is -2.49. The first-order valence-electron chi connectivity index (χ1n) is 8.12. The zero-order valence-corrected chi connectivity index (χ0v) is 14.9. The topological polar surface area (TPSA) is 21.3 Å². The van der Waals surface area contributed by atoms with Gasteiger partial charge in [0.25, 0.3) is 0 Å². The van der Waals surface area contributed by atoms with Crippen LogP contribution < -0.4 is 5.32 Å². The molecule has 2 heteroatoms.